The standard InChI is InChI=1S/C23H24N4O3/c1-2-15-3-6-22(26-12-15)27-17-4-5-18-16(8-10-30-21(18)11-17)13-25-20-14-24-9-7-19(20)23(28)29/h3-7,9,11-12,14,16,25H,2,8,10,13H2,1H3,(H,26,27)(H,28,29)/t16-/m0/s1. The predicted molar refractivity (Wildman–Crippen MR) is 116 cm³/mol. The quantitative estimate of drug-likeness (QED) is 0.535. The van der Waals surface area contributed by atoms with Gasteiger partial charge in [-0.1, -0.05) is 19.1 Å². The summed E-state index contributed by atoms with van der Waals surface area (Å²) in [6.45, 7) is 3.33. The van der Waals surface area contributed by atoms with Crippen LogP contribution in [0.3, 0.4) is 0 Å². The summed E-state index contributed by atoms with van der Waals surface area (Å²) in [6.07, 6.45) is 6.73. The van der Waals surface area contributed by atoms with Crippen molar-refractivity contribution in [2.45, 2.75) is 25.7 Å². The summed E-state index contributed by atoms with van der Waals surface area (Å²) in [6, 6.07) is 11.6. The Hall–Kier alpha value is -3.61. The maximum Gasteiger partial charge on any atom is 0.337 e. The highest BCUT2D eigenvalue weighted by Crippen LogP contribution is 2.36. The molecule has 1 aliphatic heterocycles. The van der Waals surface area contributed by atoms with Crippen LogP contribution in [0.4, 0.5) is 17.2 Å². The number of pyridine rings is 2. The summed E-state index contributed by atoms with van der Waals surface area (Å²) >= 11 is 0. The van der Waals surface area contributed by atoms with E-state index >= 15 is 0 Å². The maximum atomic E-state index is 11.4. The number of nitrogens with zero attached hydrogens (tertiary/aromatic N) is 2. The lowest BCUT2D eigenvalue weighted by molar-refractivity contribution is 0.0697. The van der Waals surface area contributed by atoms with Crippen LogP contribution in [0.2, 0.25) is 0 Å². The van der Waals surface area contributed by atoms with Crippen LogP contribution in [0, 0.1) is 0 Å². The molecule has 2 aromatic heterocycles. The molecule has 1 aliphatic rings. The fraction of sp³-hybridized carbons (Fsp3) is 0.261. The molecule has 7 heteroatoms. The number of aromatic nitrogens is 2. The Labute approximate surface area is 175 Å². The molecule has 4 rings (SSSR count). The summed E-state index contributed by atoms with van der Waals surface area (Å²) in [4.78, 5) is 19.9. The van der Waals surface area contributed by atoms with Crippen LogP contribution < -0.4 is 15.4 Å². The number of aryl methyl sites for hydroxylation is 1. The van der Waals surface area contributed by atoms with Crippen molar-refractivity contribution in [2.75, 3.05) is 23.8 Å². The highest BCUT2D eigenvalue weighted by atomic mass is 16.5. The van der Waals surface area contributed by atoms with Crippen molar-refractivity contribution >= 4 is 23.2 Å². The minimum atomic E-state index is -0.969. The minimum absolute atomic E-state index is 0.214. The minimum Gasteiger partial charge on any atom is -0.493 e. The first-order valence-electron chi connectivity index (χ1n) is 10.0. The molecule has 0 amide bonds. The third-order valence-corrected chi connectivity index (χ3v) is 5.27. The molecule has 0 unspecified atom stereocenters. The molecular formula is C23H24N4O3. The number of carboxylic acids is 1. The zero-order chi connectivity index (χ0) is 20.9. The van der Waals surface area contributed by atoms with Crippen molar-refractivity contribution in [3.63, 3.8) is 0 Å². The normalized spacial score (nSPS) is 15.0. The van der Waals surface area contributed by atoms with Crippen LogP contribution in [0.5, 0.6) is 5.75 Å². The van der Waals surface area contributed by atoms with Gasteiger partial charge in [0.1, 0.15) is 11.6 Å². The van der Waals surface area contributed by atoms with E-state index in [0.29, 0.717) is 18.8 Å². The van der Waals surface area contributed by atoms with Gasteiger partial charge in [0.2, 0.25) is 0 Å². The lowest BCUT2D eigenvalue weighted by Gasteiger charge is -2.27. The molecule has 3 heterocycles. The zero-order valence-electron chi connectivity index (χ0n) is 16.8. The summed E-state index contributed by atoms with van der Waals surface area (Å²) < 4.78 is 5.89. The number of aromatic carboxylic acids is 1. The molecular weight excluding hydrogens is 380 g/mol. The smallest absolute Gasteiger partial charge is 0.337 e. The van der Waals surface area contributed by atoms with E-state index in [4.69, 9.17) is 4.74 Å². The predicted octanol–water partition coefficient (Wildman–Crippen LogP) is 4.46. The third kappa shape index (κ3) is 4.35. The highest BCUT2D eigenvalue weighted by Gasteiger charge is 2.22. The number of ether oxygens (including phenoxy) is 1. The van der Waals surface area contributed by atoms with Crippen LogP contribution >= 0.6 is 0 Å². The Morgan fingerprint density at radius 3 is 2.90 bits per heavy atom. The molecule has 3 N–H and O–H groups in total. The van der Waals surface area contributed by atoms with Gasteiger partial charge in [0.25, 0.3) is 0 Å². The second-order valence-corrected chi connectivity index (χ2v) is 7.22. The summed E-state index contributed by atoms with van der Waals surface area (Å²) in [5.74, 6) is 0.877. The lowest BCUT2D eigenvalue weighted by atomic mass is 9.92. The molecule has 7 nitrogen and oxygen atoms in total. The monoisotopic (exact) mass is 404 g/mol. The largest absolute Gasteiger partial charge is 0.493 e. The Bertz CT molecular complexity index is 1040. The van der Waals surface area contributed by atoms with Crippen LogP contribution in [-0.4, -0.2) is 34.2 Å². The van der Waals surface area contributed by atoms with Gasteiger partial charge in [0, 0.05) is 36.6 Å². The Balaban J connectivity index is 1.47. The van der Waals surface area contributed by atoms with Gasteiger partial charge >= 0.3 is 5.97 Å². The van der Waals surface area contributed by atoms with E-state index in [1.807, 2.05) is 24.4 Å². The topological polar surface area (TPSA) is 96.4 Å². The van der Waals surface area contributed by atoms with E-state index in [0.717, 1.165) is 35.7 Å². The van der Waals surface area contributed by atoms with Crippen molar-refractivity contribution < 1.29 is 14.6 Å². The van der Waals surface area contributed by atoms with Crippen LogP contribution in [0.1, 0.15) is 40.7 Å². The van der Waals surface area contributed by atoms with Crippen molar-refractivity contribution in [3.05, 3.63) is 71.7 Å². The van der Waals surface area contributed by atoms with Crippen molar-refractivity contribution in [1.82, 2.24) is 9.97 Å². The molecule has 154 valence electrons. The molecule has 1 aromatic carbocycles. The molecule has 1 atom stereocenters. The number of benzene rings is 1. The molecule has 0 aliphatic carbocycles. The average Bonchev–Trinajstić information content (AvgIpc) is 2.78. The van der Waals surface area contributed by atoms with Gasteiger partial charge in [-0.3, -0.25) is 4.98 Å². The summed E-state index contributed by atoms with van der Waals surface area (Å²) in [5.41, 5.74) is 3.97. The number of fused-ring (bicyclic) bond motifs is 1. The second kappa shape index (κ2) is 8.82. The first kappa shape index (κ1) is 19.7. The summed E-state index contributed by atoms with van der Waals surface area (Å²) in [5, 5.41) is 15.9. The molecule has 30 heavy (non-hydrogen) atoms. The third-order valence-electron chi connectivity index (χ3n) is 5.27. The number of carbonyl (C=O) groups is 1. The van der Waals surface area contributed by atoms with Gasteiger partial charge in [-0.05, 0) is 42.2 Å². The number of carboxylic acid groups (broad SMARTS) is 1. The number of hydrogen-bond acceptors (Lipinski definition) is 6. The molecule has 0 fully saturated rings. The first-order chi connectivity index (χ1) is 14.6. The molecule has 3 aromatic rings. The zero-order valence-corrected chi connectivity index (χ0v) is 16.8. The van der Waals surface area contributed by atoms with Crippen LogP contribution in [0.15, 0.2) is 55.0 Å². The van der Waals surface area contributed by atoms with Gasteiger partial charge in [-0.15, -0.1) is 0 Å². The number of nitrogens with one attached hydrogen (secondary N) is 2. The average molecular weight is 404 g/mol. The SMILES string of the molecule is CCc1ccc(Nc2ccc3c(c2)OCC[C@H]3CNc2cnccc2C(=O)O)nc1. The Morgan fingerprint density at radius 1 is 1.23 bits per heavy atom. The fourth-order valence-corrected chi connectivity index (χ4v) is 3.56. The summed E-state index contributed by atoms with van der Waals surface area (Å²) in [7, 11) is 0. The van der Waals surface area contributed by atoms with Crippen LogP contribution in [-0.2, 0) is 6.42 Å². The second-order valence-electron chi connectivity index (χ2n) is 7.22. The maximum absolute atomic E-state index is 11.4. The highest BCUT2D eigenvalue weighted by molar-refractivity contribution is 5.93. The number of hydrogen-bond donors (Lipinski definition) is 3. The first-order valence-corrected chi connectivity index (χ1v) is 10.0. The molecule has 0 bridgehead atoms. The van der Waals surface area contributed by atoms with Gasteiger partial charge < -0.3 is 20.5 Å². The van der Waals surface area contributed by atoms with E-state index in [-0.39, 0.29) is 11.5 Å². The number of anilines is 3. The van der Waals surface area contributed by atoms with Crippen molar-refractivity contribution in [2.24, 2.45) is 0 Å². The lowest BCUT2D eigenvalue weighted by Crippen LogP contribution is -2.21. The molecule has 0 saturated heterocycles. The Kier molecular flexibility index (Phi) is 5.79. The molecule has 0 saturated carbocycles. The van der Waals surface area contributed by atoms with E-state index in [2.05, 4.69) is 39.7 Å². The van der Waals surface area contributed by atoms with Crippen molar-refractivity contribution in [1.29, 1.82) is 0 Å². The molecule has 0 spiro atoms. The van der Waals surface area contributed by atoms with Gasteiger partial charge in [0.05, 0.1) is 24.1 Å². The van der Waals surface area contributed by atoms with Gasteiger partial charge in [-0.2, -0.15) is 0 Å². The van der Waals surface area contributed by atoms with E-state index in [1.165, 1.54) is 17.8 Å². The van der Waals surface area contributed by atoms with Gasteiger partial charge in [0.15, 0.2) is 0 Å². The van der Waals surface area contributed by atoms with Crippen molar-refractivity contribution in [3.8, 4) is 5.75 Å². The number of rotatable bonds is 7. The van der Waals surface area contributed by atoms with E-state index in [9.17, 15) is 9.90 Å². The van der Waals surface area contributed by atoms with E-state index < -0.39 is 5.97 Å². The van der Waals surface area contributed by atoms with E-state index in [1.54, 1.807) is 6.20 Å². The molecule has 0 radical (unpaired) electrons. The fourth-order valence-electron chi connectivity index (χ4n) is 3.56. The van der Waals surface area contributed by atoms with Crippen LogP contribution in [0.25, 0.3) is 0 Å². The Morgan fingerprint density at radius 2 is 2.13 bits per heavy atom. The van der Waals surface area contributed by atoms with Gasteiger partial charge in [-0.25, -0.2) is 9.78 Å².